The molecule has 3 rings (SSSR count). The van der Waals surface area contributed by atoms with Crippen molar-refractivity contribution < 1.29 is 9.53 Å². The molecule has 3 heteroatoms. The summed E-state index contributed by atoms with van der Waals surface area (Å²) in [6.45, 7) is 2.52. The highest BCUT2D eigenvalue weighted by Crippen LogP contribution is 2.15. The Hall–Kier alpha value is -2.81. The minimum atomic E-state index is -0.125. The molecule has 0 bridgehead atoms. The molecule has 3 aromatic rings. The van der Waals surface area contributed by atoms with Gasteiger partial charge in [-0.1, -0.05) is 48.5 Å². The molecule has 0 saturated heterocycles. The number of ether oxygens (including phenoxy) is 1. The Labute approximate surface area is 135 Å². The van der Waals surface area contributed by atoms with Crippen LogP contribution in [0.15, 0.2) is 66.7 Å². The highest BCUT2D eigenvalue weighted by molar-refractivity contribution is 5.83. The van der Waals surface area contributed by atoms with Crippen LogP contribution >= 0.6 is 0 Å². The molecule has 0 fully saturated rings. The van der Waals surface area contributed by atoms with E-state index in [0.29, 0.717) is 12.3 Å². The van der Waals surface area contributed by atoms with Crippen molar-refractivity contribution in [2.45, 2.75) is 13.5 Å². The summed E-state index contributed by atoms with van der Waals surface area (Å²) in [7, 11) is 0. The van der Waals surface area contributed by atoms with Crippen LogP contribution in [0.2, 0.25) is 0 Å². The molecule has 116 valence electrons. The largest absolute Gasteiger partial charge is 0.484 e. The number of rotatable bonds is 5. The van der Waals surface area contributed by atoms with Gasteiger partial charge >= 0.3 is 0 Å². The van der Waals surface area contributed by atoms with Crippen molar-refractivity contribution in [2.75, 3.05) is 6.61 Å². The number of aryl methyl sites for hydroxylation is 1. The molecule has 0 aliphatic carbocycles. The number of carbonyl (C=O) groups is 1. The Kier molecular flexibility index (Phi) is 4.57. The van der Waals surface area contributed by atoms with Gasteiger partial charge in [-0.15, -0.1) is 0 Å². The van der Waals surface area contributed by atoms with Gasteiger partial charge in [0, 0.05) is 6.54 Å². The fourth-order valence-corrected chi connectivity index (χ4v) is 2.45. The first-order chi connectivity index (χ1) is 11.2. The summed E-state index contributed by atoms with van der Waals surface area (Å²) in [5, 5.41) is 5.26. The average molecular weight is 305 g/mol. The van der Waals surface area contributed by atoms with Crippen molar-refractivity contribution in [1.82, 2.24) is 5.32 Å². The lowest BCUT2D eigenvalue weighted by Crippen LogP contribution is -2.28. The monoisotopic (exact) mass is 305 g/mol. The molecule has 1 N–H and O–H groups in total. The van der Waals surface area contributed by atoms with E-state index >= 15 is 0 Å². The minimum Gasteiger partial charge on any atom is -0.484 e. The lowest BCUT2D eigenvalue weighted by molar-refractivity contribution is -0.123. The van der Waals surface area contributed by atoms with Crippen molar-refractivity contribution in [3.05, 3.63) is 77.9 Å². The third-order valence-electron chi connectivity index (χ3n) is 3.66. The summed E-state index contributed by atoms with van der Waals surface area (Å²) in [6, 6.07) is 22.0. The summed E-state index contributed by atoms with van der Waals surface area (Å²) in [5.41, 5.74) is 2.19. The van der Waals surface area contributed by atoms with Crippen molar-refractivity contribution in [3.63, 3.8) is 0 Å². The van der Waals surface area contributed by atoms with Crippen molar-refractivity contribution >= 4 is 16.7 Å². The van der Waals surface area contributed by atoms with E-state index in [4.69, 9.17) is 4.74 Å². The molecule has 0 aliphatic rings. The number of hydrogen-bond donors (Lipinski definition) is 1. The van der Waals surface area contributed by atoms with Gasteiger partial charge in [0.05, 0.1) is 0 Å². The van der Waals surface area contributed by atoms with Gasteiger partial charge in [0.2, 0.25) is 0 Å². The zero-order valence-corrected chi connectivity index (χ0v) is 13.1. The predicted molar refractivity (Wildman–Crippen MR) is 92.5 cm³/mol. The standard InChI is InChI=1S/C20H19NO2/c1-15-5-4-8-19(11-15)23-14-20(22)21-13-16-9-10-17-6-2-3-7-18(17)12-16/h2-12H,13-14H2,1H3,(H,21,22). The molecule has 0 saturated carbocycles. The molecule has 1 amide bonds. The number of benzene rings is 3. The molecule has 3 aromatic carbocycles. The molecule has 0 aliphatic heterocycles. The van der Waals surface area contributed by atoms with Crippen LogP contribution in [-0.4, -0.2) is 12.5 Å². The Morgan fingerprint density at radius 3 is 2.61 bits per heavy atom. The third kappa shape index (κ3) is 4.10. The van der Waals surface area contributed by atoms with Gasteiger partial charge in [-0.25, -0.2) is 0 Å². The number of nitrogens with one attached hydrogen (secondary N) is 1. The molecule has 23 heavy (non-hydrogen) atoms. The van der Waals surface area contributed by atoms with E-state index in [2.05, 4.69) is 29.6 Å². The van der Waals surface area contributed by atoms with Gasteiger partial charge < -0.3 is 10.1 Å². The highest BCUT2D eigenvalue weighted by atomic mass is 16.5. The quantitative estimate of drug-likeness (QED) is 0.777. The molecule has 0 spiro atoms. The van der Waals surface area contributed by atoms with E-state index in [1.165, 1.54) is 10.8 Å². The second-order valence-electron chi connectivity index (χ2n) is 5.56. The summed E-state index contributed by atoms with van der Waals surface area (Å²) in [4.78, 5) is 11.9. The summed E-state index contributed by atoms with van der Waals surface area (Å²) in [5.74, 6) is 0.588. The van der Waals surface area contributed by atoms with Crippen LogP contribution in [-0.2, 0) is 11.3 Å². The molecule has 3 nitrogen and oxygen atoms in total. The Balaban J connectivity index is 1.53. The zero-order valence-electron chi connectivity index (χ0n) is 13.1. The van der Waals surface area contributed by atoms with Crippen LogP contribution in [0.1, 0.15) is 11.1 Å². The maximum absolute atomic E-state index is 11.9. The van der Waals surface area contributed by atoms with Gasteiger partial charge in [-0.3, -0.25) is 4.79 Å². The fraction of sp³-hybridized carbons (Fsp3) is 0.150. The number of hydrogen-bond acceptors (Lipinski definition) is 2. The van der Waals surface area contributed by atoms with Gasteiger partial charge in [-0.05, 0) is 47.0 Å². The molecule has 0 atom stereocenters. The van der Waals surface area contributed by atoms with Crippen LogP contribution in [0.4, 0.5) is 0 Å². The second-order valence-corrected chi connectivity index (χ2v) is 5.56. The summed E-state index contributed by atoms with van der Waals surface area (Å²) >= 11 is 0. The van der Waals surface area contributed by atoms with Crippen LogP contribution < -0.4 is 10.1 Å². The Morgan fingerprint density at radius 2 is 1.78 bits per heavy atom. The van der Waals surface area contributed by atoms with Gasteiger partial charge in [0.25, 0.3) is 5.91 Å². The normalized spacial score (nSPS) is 10.5. The van der Waals surface area contributed by atoms with Crippen LogP contribution in [0.3, 0.4) is 0 Å². The highest BCUT2D eigenvalue weighted by Gasteiger charge is 2.03. The van der Waals surface area contributed by atoms with E-state index in [9.17, 15) is 4.79 Å². The molecular weight excluding hydrogens is 286 g/mol. The topological polar surface area (TPSA) is 38.3 Å². The lowest BCUT2D eigenvalue weighted by atomic mass is 10.1. The number of fused-ring (bicyclic) bond motifs is 1. The number of carbonyl (C=O) groups excluding carboxylic acids is 1. The Bertz CT molecular complexity index is 826. The third-order valence-corrected chi connectivity index (χ3v) is 3.66. The zero-order chi connectivity index (χ0) is 16.1. The maximum Gasteiger partial charge on any atom is 0.258 e. The molecule has 0 unspecified atom stereocenters. The first kappa shape index (κ1) is 15.1. The smallest absolute Gasteiger partial charge is 0.258 e. The Morgan fingerprint density at radius 1 is 0.957 bits per heavy atom. The van der Waals surface area contributed by atoms with E-state index < -0.39 is 0 Å². The summed E-state index contributed by atoms with van der Waals surface area (Å²) < 4.78 is 5.50. The van der Waals surface area contributed by atoms with E-state index in [1.54, 1.807) is 0 Å². The van der Waals surface area contributed by atoms with Crippen molar-refractivity contribution in [2.24, 2.45) is 0 Å². The van der Waals surface area contributed by atoms with Crippen LogP contribution in [0.5, 0.6) is 5.75 Å². The van der Waals surface area contributed by atoms with Gasteiger partial charge in [-0.2, -0.15) is 0 Å². The SMILES string of the molecule is Cc1cccc(OCC(=O)NCc2ccc3ccccc3c2)c1. The van der Waals surface area contributed by atoms with Crippen LogP contribution in [0.25, 0.3) is 10.8 Å². The van der Waals surface area contributed by atoms with E-state index in [1.807, 2.05) is 49.4 Å². The minimum absolute atomic E-state index is 0.0248. The molecule has 0 aromatic heterocycles. The average Bonchev–Trinajstić information content (AvgIpc) is 2.58. The predicted octanol–water partition coefficient (Wildman–Crippen LogP) is 3.84. The van der Waals surface area contributed by atoms with E-state index in [0.717, 1.165) is 11.1 Å². The molecule has 0 heterocycles. The first-order valence-electron chi connectivity index (χ1n) is 7.64. The molecule has 0 radical (unpaired) electrons. The van der Waals surface area contributed by atoms with Crippen LogP contribution in [0, 0.1) is 6.92 Å². The second kappa shape index (κ2) is 6.97. The number of amides is 1. The fourth-order valence-electron chi connectivity index (χ4n) is 2.45. The van der Waals surface area contributed by atoms with E-state index in [-0.39, 0.29) is 12.5 Å². The summed E-state index contributed by atoms with van der Waals surface area (Å²) in [6.07, 6.45) is 0. The van der Waals surface area contributed by atoms with Crippen molar-refractivity contribution in [1.29, 1.82) is 0 Å². The molecular formula is C20H19NO2. The van der Waals surface area contributed by atoms with Crippen molar-refractivity contribution in [3.8, 4) is 5.75 Å². The van der Waals surface area contributed by atoms with Gasteiger partial charge in [0.15, 0.2) is 6.61 Å². The maximum atomic E-state index is 11.9. The first-order valence-corrected chi connectivity index (χ1v) is 7.64. The van der Waals surface area contributed by atoms with Gasteiger partial charge in [0.1, 0.15) is 5.75 Å². The lowest BCUT2D eigenvalue weighted by Gasteiger charge is -2.09.